The van der Waals surface area contributed by atoms with Gasteiger partial charge in [0.25, 0.3) is 0 Å². The van der Waals surface area contributed by atoms with E-state index in [0.717, 1.165) is 16.8 Å². The molecule has 98 valence electrons. The molecule has 0 aliphatic heterocycles. The molecular weight excluding hydrogens is 238 g/mol. The van der Waals surface area contributed by atoms with Crippen LogP contribution in [0.2, 0.25) is 0 Å². The van der Waals surface area contributed by atoms with Gasteiger partial charge in [-0.2, -0.15) is 0 Å². The Morgan fingerprint density at radius 2 is 1.58 bits per heavy atom. The minimum absolute atomic E-state index is 0.0880. The van der Waals surface area contributed by atoms with Crippen molar-refractivity contribution < 1.29 is 9.90 Å². The van der Waals surface area contributed by atoms with E-state index in [9.17, 15) is 4.79 Å². The number of anilines is 1. The van der Waals surface area contributed by atoms with Crippen molar-refractivity contribution in [1.29, 1.82) is 0 Å². The summed E-state index contributed by atoms with van der Waals surface area (Å²) in [6.07, 6.45) is 0.150. The molecule has 0 saturated heterocycles. The molecule has 3 heteroatoms. The number of carbonyl (C=O) groups is 1. The molecule has 0 unspecified atom stereocenters. The number of hydrogen-bond acceptors (Lipinski definition) is 2. The second kappa shape index (κ2) is 6.16. The molecule has 0 spiro atoms. The number of carbonyl (C=O) groups excluding carboxylic acids is 1. The first kappa shape index (κ1) is 13.3. The van der Waals surface area contributed by atoms with Crippen LogP contribution in [-0.2, 0) is 4.79 Å². The molecule has 0 heterocycles. The highest BCUT2D eigenvalue weighted by molar-refractivity contribution is 5.93. The van der Waals surface area contributed by atoms with E-state index in [1.807, 2.05) is 42.5 Å². The highest BCUT2D eigenvalue weighted by atomic mass is 16.3. The van der Waals surface area contributed by atoms with Gasteiger partial charge in [0, 0.05) is 12.7 Å². The standard InChI is InChI=1S/C16H17NO2/c1-17(16(19)11-12-18)15-9-7-14(8-10-15)13-5-3-2-4-6-13/h2-10,18H,11-12H2,1H3. The van der Waals surface area contributed by atoms with Crippen molar-refractivity contribution in [1.82, 2.24) is 0 Å². The SMILES string of the molecule is CN(C(=O)CCO)c1ccc(-c2ccccc2)cc1. The van der Waals surface area contributed by atoms with Gasteiger partial charge < -0.3 is 10.0 Å². The molecule has 0 aliphatic rings. The lowest BCUT2D eigenvalue weighted by Gasteiger charge is -2.17. The number of hydrogen-bond donors (Lipinski definition) is 1. The van der Waals surface area contributed by atoms with E-state index in [1.54, 1.807) is 11.9 Å². The van der Waals surface area contributed by atoms with Crippen LogP contribution in [0.1, 0.15) is 6.42 Å². The Hall–Kier alpha value is -2.13. The third-order valence-electron chi connectivity index (χ3n) is 3.06. The summed E-state index contributed by atoms with van der Waals surface area (Å²) in [7, 11) is 1.72. The lowest BCUT2D eigenvalue weighted by Crippen LogP contribution is -2.26. The average Bonchev–Trinajstić information content (AvgIpc) is 2.48. The molecule has 0 aliphatic carbocycles. The van der Waals surface area contributed by atoms with E-state index in [2.05, 4.69) is 12.1 Å². The quantitative estimate of drug-likeness (QED) is 0.912. The van der Waals surface area contributed by atoms with E-state index in [-0.39, 0.29) is 18.9 Å². The molecule has 0 fully saturated rings. The summed E-state index contributed by atoms with van der Waals surface area (Å²) in [5.41, 5.74) is 3.10. The van der Waals surface area contributed by atoms with Crippen LogP contribution in [0, 0.1) is 0 Å². The summed E-state index contributed by atoms with van der Waals surface area (Å²) in [6, 6.07) is 17.9. The van der Waals surface area contributed by atoms with Gasteiger partial charge in [-0.3, -0.25) is 4.79 Å². The number of aliphatic hydroxyl groups is 1. The monoisotopic (exact) mass is 255 g/mol. The lowest BCUT2D eigenvalue weighted by atomic mass is 10.1. The number of amides is 1. The smallest absolute Gasteiger partial charge is 0.229 e. The molecular formula is C16H17NO2. The highest BCUT2D eigenvalue weighted by Crippen LogP contribution is 2.22. The minimum Gasteiger partial charge on any atom is -0.396 e. The molecule has 1 amide bonds. The zero-order chi connectivity index (χ0) is 13.7. The van der Waals surface area contributed by atoms with Crippen molar-refractivity contribution in [3.63, 3.8) is 0 Å². The average molecular weight is 255 g/mol. The number of rotatable bonds is 4. The third-order valence-corrected chi connectivity index (χ3v) is 3.06. The summed E-state index contributed by atoms with van der Waals surface area (Å²) >= 11 is 0. The van der Waals surface area contributed by atoms with Crippen LogP contribution in [0.25, 0.3) is 11.1 Å². The van der Waals surface area contributed by atoms with Crippen LogP contribution in [0.3, 0.4) is 0 Å². The van der Waals surface area contributed by atoms with Crippen molar-refractivity contribution in [2.45, 2.75) is 6.42 Å². The first-order valence-electron chi connectivity index (χ1n) is 6.25. The van der Waals surface area contributed by atoms with Crippen LogP contribution in [-0.4, -0.2) is 24.7 Å². The summed E-state index contributed by atoms with van der Waals surface area (Å²) in [4.78, 5) is 13.2. The maximum atomic E-state index is 11.7. The fourth-order valence-electron chi connectivity index (χ4n) is 1.92. The zero-order valence-corrected chi connectivity index (χ0v) is 10.9. The fourth-order valence-corrected chi connectivity index (χ4v) is 1.92. The number of aliphatic hydroxyl groups excluding tert-OH is 1. The molecule has 19 heavy (non-hydrogen) atoms. The first-order chi connectivity index (χ1) is 9.22. The zero-order valence-electron chi connectivity index (χ0n) is 10.9. The lowest BCUT2D eigenvalue weighted by molar-refractivity contribution is -0.118. The van der Waals surface area contributed by atoms with Gasteiger partial charge in [0.05, 0.1) is 13.0 Å². The Bertz CT molecular complexity index is 534. The number of nitrogens with zero attached hydrogens (tertiary/aromatic N) is 1. The number of benzene rings is 2. The van der Waals surface area contributed by atoms with Gasteiger partial charge in [-0.05, 0) is 23.3 Å². The van der Waals surface area contributed by atoms with Crippen LogP contribution < -0.4 is 4.90 Å². The molecule has 0 radical (unpaired) electrons. The molecule has 0 saturated carbocycles. The first-order valence-corrected chi connectivity index (χ1v) is 6.25. The van der Waals surface area contributed by atoms with Crippen LogP contribution in [0.4, 0.5) is 5.69 Å². The van der Waals surface area contributed by atoms with Crippen LogP contribution in [0.5, 0.6) is 0 Å². The predicted molar refractivity (Wildman–Crippen MR) is 77.0 cm³/mol. The summed E-state index contributed by atoms with van der Waals surface area (Å²) in [5, 5.41) is 8.78. The second-order valence-electron chi connectivity index (χ2n) is 4.34. The highest BCUT2D eigenvalue weighted by Gasteiger charge is 2.09. The van der Waals surface area contributed by atoms with Crippen molar-refractivity contribution in [2.24, 2.45) is 0 Å². The molecule has 3 nitrogen and oxygen atoms in total. The van der Waals surface area contributed by atoms with Gasteiger partial charge >= 0.3 is 0 Å². The summed E-state index contributed by atoms with van der Waals surface area (Å²) in [6.45, 7) is -0.120. The van der Waals surface area contributed by atoms with Gasteiger partial charge in [0.15, 0.2) is 0 Å². The molecule has 0 atom stereocenters. The molecule has 2 rings (SSSR count). The van der Waals surface area contributed by atoms with Gasteiger partial charge in [0.1, 0.15) is 0 Å². The van der Waals surface area contributed by atoms with E-state index in [4.69, 9.17) is 5.11 Å². The van der Waals surface area contributed by atoms with Crippen molar-refractivity contribution >= 4 is 11.6 Å². The Labute approximate surface area is 113 Å². The molecule has 1 N–H and O–H groups in total. The maximum absolute atomic E-state index is 11.7. The van der Waals surface area contributed by atoms with E-state index >= 15 is 0 Å². The Kier molecular flexibility index (Phi) is 4.31. The molecule has 0 aromatic heterocycles. The topological polar surface area (TPSA) is 40.5 Å². The van der Waals surface area contributed by atoms with Crippen LogP contribution >= 0.6 is 0 Å². The third kappa shape index (κ3) is 3.20. The van der Waals surface area contributed by atoms with Crippen LogP contribution in [0.15, 0.2) is 54.6 Å². The summed E-state index contributed by atoms with van der Waals surface area (Å²) in [5.74, 6) is -0.0880. The van der Waals surface area contributed by atoms with Crippen molar-refractivity contribution in [3.05, 3.63) is 54.6 Å². The van der Waals surface area contributed by atoms with Gasteiger partial charge in [-0.25, -0.2) is 0 Å². The van der Waals surface area contributed by atoms with Gasteiger partial charge in [-0.1, -0.05) is 42.5 Å². The van der Waals surface area contributed by atoms with Gasteiger partial charge in [-0.15, -0.1) is 0 Å². The van der Waals surface area contributed by atoms with Gasteiger partial charge in [0.2, 0.25) is 5.91 Å². The Balaban J connectivity index is 2.17. The largest absolute Gasteiger partial charge is 0.396 e. The minimum atomic E-state index is -0.120. The maximum Gasteiger partial charge on any atom is 0.229 e. The van der Waals surface area contributed by atoms with E-state index < -0.39 is 0 Å². The van der Waals surface area contributed by atoms with E-state index in [0.29, 0.717) is 0 Å². The fraction of sp³-hybridized carbons (Fsp3) is 0.188. The molecule has 2 aromatic rings. The summed E-state index contributed by atoms with van der Waals surface area (Å²) < 4.78 is 0. The van der Waals surface area contributed by atoms with Crippen molar-refractivity contribution in [2.75, 3.05) is 18.6 Å². The Morgan fingerprint density at radius 1 is 1.00 bits per heavy atom. The van der Waals surface area contributed by atoms with E-state index in [1.165, 1.54) is 0 Å². The second-order valence-corrected chi connectivity index (χ2v) is 4.34. The Morgan fingerprint density at radius 3 is 2.16 bits per heavy atom. The predicted octanol–water partition coefficient (Wildman–Crippen LogP) is 2.70. The molecule has 0 bridgehead atoms. The normalized spacial score (nSPS) is 10.2. The van der Waals surface area contributed by atoms with Crippen molar-refractivity contribution in [3.8, 4) is 11.1 Å². The molecule has 2 aromatic carbocycles.